The molecule has 0 amide bonds. The molecule has 0 atom stereocenters. The summed E-state index contributed by atoms with van der Waals surface area (Å²) < 4.78 is 26.6. The highest BCUT2D eigenvalue weighted by atomic mass is 32.2. The normalized spacial score (nSPS) is 19.8. The van der Waals surface area contributed by atoms with E-state index >= 15 is 0 Å². The standard InChI is InChI=1S/C13H23N3O2S/c1-10-12(9-14-15-10)19(17,18)16-7-5-11(6-8-16)13(2,3)4/h9,11H,5-8H2,1-4H3,(H,14,15). The Morgan fingerprint density at radius 1 is 1.32 bits per heavy atom. The number of aryl methyl sites for hydroxylation is 1. The highest BCUT2D eigenvalue weighted by Crippen LogP contribution is 2.35. The lowest BCUT2D eigenvalue weighted by molar-refractivity contribution is 0.154. The molecule has 1 aliphatic rings. The van der Waals surface area contributed by atoms with Gasteiger partial charge in [0.25, 0.3) is 0 Å². The summed E-state index contributed by atoms with van der Waals surface area (Å²) in [6, 6.07) is 0. The first-order valence-corrected chi connectivity index (χ1v) is 8.17. The molecule has 1 aromatic heterocycles. The molecule has 6 heteroatoms. The van der Waals surface area contributed by atoms with Crippen LogP contribution in [-0.4, -0.2) is 36.0 Å². The monoisotopic (exact) mass is 285 g/mol. The zero-order valence-corrected chi connectivity index (χ0v) is 12.9. The van der Waals surface area contributed by atoms with E-state index in [1.807, 2.05) is 0 Å². The van der Waals surface area contributed by atoms with Crippen LogP contribution < -0.4 is 0 Å². The van der Waals surface area contributed by atoms with Crippen molar-refractivity contribution < 1.29 is 8.42 Å². The van der Waals surface area contributed by atoms with Gasteiger partial charge in [0.15, 0.2) is 0 Å². The van der Waals surface area contributed by atoms with Gasteiger partial charge in [-0.1, -0.05) is 20.8 Å². The van der Waals surface area contributed by atoms with Crippen LogP contribution in [0.2, 0.25) is 0 Å². The molecule has 0 unspecified atom stereocenters. The van der Waals surface area contributed by atoms with Gasteiger partial charge in [0, 0.05) is 13.1 Å². The molecule has 2 heterocycles. The molecule has 1 aliphatic heterocycles. The van der Waals surface area contributed by atoms with Crippen LogP contribution in [0.15, 0.2) is 11.1 Å². The van der Waals surface area contributed by atoms with E-state index < -0.39 is 10.0 Å². The summed E-state index contributed by atoms with van der Waals surface area (Å²) >= 11 is 0. The Balaban J connectivity index is 2.12. The second kappa shape index (κ2) is 4.90. The van der Waals surface area contributed by atoms with E-state index in [-0.39, 0.29) is 5.41 Å². The van der Waals surface area contributed by atoms with E-state index in [1.54, 1.807) is 11.2 Å². The average Bonchev–Trinajstić information content (AvgIpc) is 2.75. The quantitative estimate of drug-likeness (QED) is 0.905. The summed E-state index contributed by atoms with van der Waals surface area (Å²) in [5.74, 6) is 0.587. The lowest BCUT2D eigenvalue weighted by atomic mass is 9.76. The van der Waals surface area contributed by atoms with Crippen molar-refractivity contribution in [3.63, 3.8) is 0 Å². The maximum absolute atomic E-state index is 12.5. The first-order chi connectivity index (χ1) is 8.73. The third kappa shape index (κ3) is 2.84. The predicted molar refractivity (Wildman–Crippen MR) is 74.3 cm³/mol. The van der Waals surface area contributed by atoms with Crippen LogP contribution in [0.5, 0.6) is 0 Å². The highest BCUT2D eigenvalue weighted by molar-refractivity contribution is 7.89. The Morgan fingerprint density at radius 2 is 1.89 bits per heavy atom. The van der Waals surface area contributed by atoms with Crippen LogP contribution in [0.25, 0.3) is 0 Å². The minimum Gasteiger partial charge on any atom is -0.281 e. The minimum absolute atomic E-state index is 0.251. The molecule has 0 aromatic carbocycles. The number of piperidine rings is 1. The lowest BCUT2D eigenvalue weighted by Crippen LogP contribution is -2.41. The van der Waals surface area contributed by atoms with Crippen molar-refractivity contribution in [2.75, 3.05) is 13.1 Å². The van der Waals surface area contributed by atoms with Crippen LogP contribution in [0.1, 0.15) is 39.3 Å². The zero-order chi connectivity index (χ0) is 14.3. The summed E-state index contributed by atoms with van der Waals surface area (Å²) in [7, 11) is -3.38. The summed E-state index contributed by atoms with van der Waals surface area (Å²) in [5, 5.41) is 6.50. The molecule has 1 saturated heterocycles. The number of aromatic nitrogens is 2. The number of hydrogen-bond donors (Lipinski definition) is 1. The Morgan fingerprint density at radius 3 is 2.32 bits per heavy atom. The maximum Gasteiger partial charge on any atom is 0.246 e. The van der Waals surface area contributed by atoms with Gasteiger partial charge in [-0.25, -0.2) is 8.42 Å². The molecule has 1 N–H and O–H groups in total. The third-order valence-corrected chi connectivity index (χ3v) is 6.09. The molecule has 0 aliphatic carbocycles. The Labute approximate surface area is 115 Å². The molecule has 1 aromatic rings. The topological polar surface area (TPSA) is 66.1 Å². The summed E-state index contributed by atoms with van der Waals surface area (Å²) in [6.07, 6.45) is 3.26. The highest BCUT2D eigenvalue weighted by Gasteiger charge is 2.34. The number of nitrogens with zero attached hydrogens (tertiary/aromatic N) is 2. The number of rotatable bonds is 2. The van der Waals surface area contributed by atoms with Gasteiger partial charge in [0.2, 0.25) is 10.0 Å². The number of nitrogens with one attached hydrogen (secondary N) is 1. The van der Waals surface area contributed by atoms with E-state index in [9.17, 15) is 8.42 Å². The molecule has 5 nitrogen and oxygen atoms in total. The minimum atomic E-state index is -3.38. The van der Waals surface area contributed by atoms with E-state index in [2.05, 4.69) is 31.0 Å². The molecule has 0 bridgehead atoms. The number of H-pyrrole nitrogens is 1. The van der Waals surface area contributed by atoms with Crippen molar-refractivity contribution >= 4 is 10.0 Å². The maximum atomic E-state index is 12.5. The van der Waals surface area contributed by atoms with Gasteiger partial charge in [-0.15, -0.1) is 0 Å². The first kappa shape index (κ1) is 14.5. The van der Waals surface area contributed by atoms with E-state index in [1.165, 1.54) is 6.20 Å². The van der Waals surface area contributed by atoms with Crippen molar-refractivity contribution in [3.8, 4) is 0 Å². The van der Waals surface area contributed by atoms with Crippen LogP contribution in [0, 0.1) is 18.3 Å². The molecule has 0 spiro atoms. The van der Waals surface area contributed by atoms with Gasteiger partial charge in [0.05, 0.1) is 11.9 Å². The van der Waals surface area contributed by atoms with Crippen molar-refractivity contribution in [2.45, 2.75) is 45.4 Å². The molecular weight excluding hydrogens is 262 g/mol. The van der Waals surface area contributed by atoms with Gasteiger partial charge in [-0.2, -0.15) is 9.40 Å². The molecule has 2 rings (SSSR count). The Hall–Kier alpha value is -0.880. The van der Waals surface area contributed by atoms with Crippen LogP contribution >= 0.6 is 0 Å². The fourth-order valence-corrected chi connectivity index (χ4v) is 4.29. The van der Waals surface area contributed by atoms with Crippen molar-refractivity contribution in [1.82, 2.24) is 14.5 Å². The number of hydrogen-bond acceptors (Lipinski definition) is 3. The number of aromatic amines is 1. The van der Waals surface area contributed by atoms with Crippen LogP contribution in [0.3, 0.4) is 0 Å². The van der Waals surface area contributed by atoms with Crippen molar-refractivity contribution in [3.05, 3.63) is 11.9 Å². The van der Waals surface area contributed by atoms with Crippen LogP contribution in [-0.2, 0) is 10.0 Å². The van der Waals surface area contributed by atoms with Crippen molar-refractivity contribution in [1.29, 1.82) is 0 Å². The Kier molecular flexibility index (Phi) is 3.75. The second-order valence-electron chi connectivity index (χ2n) is 6.40. The van der Waals surface area contributed by atoms with Gasteiger partial charge in [-0.05, 0) is 31.1 Å². The molecule has 0 saturated carbocycles. The number of sulfonamides is 1. The van der Waals surface area contributed by atoms with Gasteiger partial charge < -0.3 is 0 Å². The average molecular weight is 285 g/mol. The van der Waals surface area contributed by atoms with E-state index in [0.29, 0.717) is 29.6 Å². The summed E-state index contributed by atoms with van der Waals surface area (Å²) in [5.41, 5.74) is 0.861. The zero-order valence-electron chi connectivity index (χ0n) is 12.1. The lowest BCUT2D eigenvalue weighted by Gasteiger charge is -2.38. The van der Waals surface area contributed by atoms with Crippen molar-refractivity contribution in [2.24, 2.45) is 11.3 Å². The molecule has 0 radical (unpaired) electrons. The first-order valence-electron chi connectivity index (χ1n) is 6.73. The van der Waals surface area contributed by atoms with E-state index in [0.717, 1.165) is 12.8 Å². The molecule has 19 heavy (non-hydrogen) atoms. The molecular formula is C13H23N3O2S. The third-order valence-electron chi connectivity index (χ3n) is 4.08. The molecule has 1 fully saturated rings. The Bertz CT molecular complexity index is 534. The fraction of sp³-hybridized carbons (Fsp3) is 0.769. The van der Waals surface area contributed by atoms with E-state index in [4.69, 9.17) is 0 Å². The largest absolute Gasteiger partial charge is 0.281 e. The second-order valence-corrected chi connectivity index (χ2v) is 8.31. The molecule has 108 valence electrons. The summed E-state index contributed by atoms with van der Waals surface area (Å²) in [4.78, 5) is 0.307. The SMILES string of the molecule is Cc1[nH]ncc1S(=O)(=O)N1CCC(C(C)(C)C)CC1. The van der Waals surface area contributed by atoms with Gasteiger partial charge in [0.1, 0.15) is 4.90 Å². The van der Waals surface area contributed by atoms with Crippen LogP contribution in [0.4, 0.5) is 0 Å². The van der Waals surface area contributed by atoms with Gasteiger partial charge >= 0.3 is 0 Å². The summed E-state index contributed by atoms with van der Waals surface area (Å²) in [6.45, 7) is 9.62. The predicted octanol–water partition coefficient (Wildman–Crippen LogP) is 2.16. The fourth-order valence-electron chi connectivity index (χ4n) is 2.70. The smallest absolute Gasteiger partial charge is 0.246 e. The van der Waals surface area contributed by atoms with Gasteiger partial charge in [-0.3, -0.25) is 5.10 Å².